The third-order valence-corrected chi connectivity index (χ3v) is 7.65. The Hall–Kier alpha value is -3.24. The average Bonchev–Trinajstić information content (AvgIpc) is 3.37. The molecule has 178 valence electrons. The van der Waals surface area contributed by atoms with Gasteiger partial charge in [0.25, 0.3) is 5.91 Å². The number of rotatable bonds is 6. The topological polar surface area (TPSA) is 86.8 Å². The zero-order valence-electron chi connectivity index (χ0n) is 18.5. The highest BCUT2D eigenvalue weighted by Gasteiger charge is 2.31. The molecule has 1 aliphatic heterocycles. The molecule has 34 heavy (non-hydrogen) atoms. The quantitative estimate of drug-likeness (QED) is 0.561. The molecule has 0 radical (unpaired) electrons. The maximum absolute atomic E-state index is 13.7. The van der Waals surface area contributed by atoms with Gasteiger partial charge in [-0.25, -0.2) is 12.8 Å². The summed E-state index contributed by atoms with van der Waals surface area (Å²) in [4.78, 5) is 30.1. The number of anilines is 1. The number of hydrogen-bond donors (Lipinski definition) is 1. The van der Waals surface area contributed by atoms with Crippen molar-refractivity contribution in [3.8, 4) is 0 Å². The minimum Gasteiger partial charge on any atom is -0.367 e. The van der Waals surface area contributed by atoms with Gasteiger partial charge in [-0.05, 0) is 35.2 Å². The number of nitrogens with one attached hydrogen (secondary N) is 1. The van der Waals surface area contributed by atoms with Crippen molar-refractivity contribution in [2.24, 2.45) is 0 Å². The Labute approximate surface area is 201 Å². The molecule has 7 nitrogen and oxygen atoms in total. The van der Waals surface area contributed by atoms with Gasteiger partial charge in [0.2, 0.25) is 5.91 Å². The highest BCUT2D eigenvalue weighted by atomic mass is 32.2. The van der Waals surface area contributed by atoms with Crippen molar-refractivity contribution in [3.63, 3.8) is 0 Å². The van der Waals surface area contributed by atoms with E-state index in [-0.39, 0.29) is 16.7 Å². The second kappa shape index (κ2) is 9.94. The Morgan fingerprint density at radius 3 is 2.32 bits per heavy atom. The van der Waals surface area contributed by atoms with E-state index in [1.54, 1.807) is 34.5 Å². The monoisotopic (exact) mass is 501 g/mol. The summed E-state index contributed by atoms with van der Waals surface area (Å²) in [6.07, 6.45) is 1.05. The van der Waals surface area contributed by atoms with E-state index in [0.717, 1.165) is 12.3 Å². The number of hydrogen-bond acceptors (Lipinski definition) is 6. The van der Waals surface area contributed by atoms with Crippen LogP contribution in [0.5, 0.6) is 0 Å². The molecule has 1 fully saturated rings. The fraction of sp³-hybridized carbons (Fsp3) is 0.250. The molecule has 0 spiro atoms. The molecular weight excluding hydrogens is 477 g/mol. The molecule has 1 aliphatic rings. The first-order valence-corrected chi connectivity index (χ1v) is 13.4. The fourth-order valence-electron chi connectivity index (χ4n) is 3.94. The lowest BCUT2D eigenvalue weighted by atomic mass is 10.0. The van der Waals surface area contributed by atoms with Crippen LogP contribution in [0.4, 0.5) is 10.1 Å². The minimum absolute atomic E-state index is 0.0716. The summed E-state index contributed by atoms with van der Waals surface area (Å²) in [6.45, 7) is 1.41. The van der Waals surface area contributed by atoms with Gasteiger partial charge in [0.15, 0.2) is 9.84 Å². The van der Waals surface area contributed by atoms with Crippen LogP contribution in [0.3, 0.4) is 0 Å². The number of halogens is 1. The maximum Gasteiger partial charge on any atom is 0.262 e. The number of piperazine rings is 1. The van der Waals surface area contributed by atoms with Gasteiger partial charge in [0.1, 0.15) is 11.9 Å². The maximum atomic E-state index is 13.7. The van der Waals surface area contributed by atoms with Crippen molar-refractivity contribution in [1.82, 2.24) is 10.2 Å². The summed E-state index contributed by atoms with van der Waals surface area (Å²) < 4.78 is 38.0. The number of nitrogens with zero attached hydrogens (tertiary/aromatic N) is 2. The van der Waals surface area contributed by atoms with Crippen LogP contribution in [0.1, 0.15) is 21.3 Å². The molecule has 1 N–H and O–H groups in total. The van der Waals surface area contributed by atoms with E-state index in [9.17, 15) is 22.4 Å². The molecule has 2 aromatic carbocycles. The largest absolute Gasteiger partial charge is 0.367 e. The van der Waals surface area contributed by atoms with E-state index in [4.69, 9.17) is 0 Å². The third-order valence-electron chi connectivity index (χ3n) is 5.65. The number of carbonyl (C=O) groups excluding carboxylic acids is 2. The summed E-state index contributed by atoms with van der Waals surface area (Å²) in [5, 5.41) is 4.66. The van der Waals surface area contributed by atoms with Crippen LogP contribution in [-0.2, 0) is 14.6 Å². The van der Waals surface area contributed by atoms with E-state index in [0.29, 0.717) is 42.3 Å². The number of thiophene rings is 1. The predicted octanol–water partition coefficient (Wildman–Crippen LogP) is 3.11. The summed E-state index contributed by atoms with van der Waals surface area (Å²) in [7, 11) is -3.63. The molecule has 0 aliphatic carbocycles. The first-order valence-electron chi connectivity index (χ1n) is 10.7. The van der Waals surface area contributed by atoms with E-state index >= 15 is 0 Å². The van der Waals surface area contributed by atoms with Crippen molar-refractivity contribution < 1.29 is 22.4 Å². The van der Waals surface area contributed by atoms with E-state index < -0.39 is 21.7 Å². The predicted molar refractivity (Wildman–Crippen MR) is 129 cm³/mol. The molecular formula is C24H24FN3O4S2. The van der Waals surface area contributed by atoms with Crippen LogP contribution >= 0.6 is 11.3 Å². The van der Waals surface area contributed by atoms with Crippen molar-refractivity contribution in [3.05, 3.63) is 82.3 Å². The number of benzene rings is 2. The molecule has 0 saturated carbocycles. The van der Waals surface area contributed by atoms with Crippen LogP contribution in [0.15, 0.2) is 70.9 Å². The Kier molecular flexibility index (Phi) is 6.99. The summed E-state index contributed by atoms with van der Waals surface area (Å²) in [6, 6.07) is 15.4. The Balaban J connectivity index is 1.51. The SMILES string of the molecule is CS(=O)(=O)c1cc(F)ccc1N1CCN(C(=O)[C@H](NC(=O)c2cccs2)c2ccccc2)CC1. The minimum atomic E-state index is -3.63. The van der Waals surface area contributed by atoms with Crippen molar-refractivity contribution in [2.75, 3.05) is 37.3 Å². The molecule has 1 saturated heterocycles. The van der Waals surface area contributed by atoms with E-state index in [1.807, 2.05) is 23.1 Å². The molecule has 0 bridgehead atoms. The van der Waals surface area contributed by atoms with Gasteiger partial charge in [0.05, 0.1) is 15.5 Å². The fourth-order valence-corrected chi connectivity index (χ4v) is 5.47. The molecule has 4 rings (SSSR count). The van der Waals surface area contributed by atoms with Crippen molar-refractivity contribution >= 4 is 38.7 Å². The first kappa shape index (κ1) is 23.9. The van der Waals surface area contributed by atoms with Gasteiger partial charge < -0.3 is 15.1 Å². The highest BCUT2D eigenvalue weighted by molar-refractivity contribution is 7.90. The van der Waals surface area contributed by atoms with E-state index in [2.05, 4.69) is 5.32 Å². The third kappa shape index (κ3) is 5.28. The van der Waals surface area contributed by atoms with Crippen LogP contribution < -0.4 is 10.2 Å². The molecule has 3 aromatic rings. The van der Waals surface area contributed by atoms with Gasteiger partial charge >= 0.3 is 0 Å². The molecule has 2 heterocycles. The van der Waals surface area contributed by atoms with Gasteiger partial charge in [-0.1, -0.05) is 36.4 Å². The standard InChI is InChI=1S/C24H24FN3O4S2/c1-34(31,32)21-16-18(25)9-10-19(21)27-11-13-28(14-12-27)24(30)22(17-6-3-2-4-7-17)26-23(29)20-8-5-15-33-20/h2-10,15-16,22H,11-14H2,1H3,(H,26,29)/t22-/m1/s1. The number of carbonyl (C=O) groups is 2. The summed E-state index contributed by atoms with van der Waals surface area (Å²) in [5.41, 5.74) is 1.10. The van der Waals surface area contributed by atoms with Gasteiger partial charge in [-0.15, -0.1) is 11.3 Å². The second-order valence-corrected chi connectivity index (χ2v) is 10.9. The normalized spacial score (nSPS) is 15.1. The lowest BCUT2D eigenvalue weighted by Gasteiger charge is -2.38. The van der Waals surface area contributed by atoms with Crippen molar-refractivity contribution in [1.29, 1.82) is 0 Å². The Morgan fingerprint density at radius 2 is 1.71 bits per heavy atom. The van der Waals surface area contributed by atoms with Crippen LogP contribution in [0.25, 0.3) is 0 Å². The van der Waals surface area contributed by atoms with Gasteiger partial charge in [-0.2, -0.15) is 0 Å². The van der Waals surface area contributed by atoms with Crippen LogP contribution in [-0.4, -0.2) is 57.6 Å². The Bertz CT molecular complexity index is 1270. The van der Waals surface area contributed by atoms with Gasteiger partial charge in [-0.3, -0.25) is 9.59 Å². The lowest BCUT2D eigenvalue weighted by Crippen LogP contribution is -2.52. The van der Waals surface area contributed by atoms with Crippen molar-refractivity contribution in [2.45, 2.75) is 10.9 Å². The highest BCUT2D eigenvalue weighted by Crippen LogP contribution is 2.28. The molecule has 10 heteroatoms. The summed E-state index contributed by atoms with van der Waals surface area (Å²) in [5.74, 6) is -1.18. The lowest BCUT2D eigenvalue weighted by molar-refractivity contribution is -0.133. The van der Waals surface area contributed by atoms with E-state index in [1.165, 1.54) is 23.5 Å². The number of amides is 2. The zero-order valence-corrected chi connectivity index (χ0v) is 20.1. The van der Waals surface area contributed by atoms with Gasteiger partial charge in [0, 0.05) is 32.4 Å². The smallest absolute Gasteiger partial charge is 0.262 e. The first-order chi connectivity index (χ1) is 16.2. The van der Waals surface area contributed by atoms with Crippen LogP contribution in [0.2, 0.25) is 0 Å². The Morgan fingerprint density at radius 1 is 1.00 bits per heavy atom. The van der Waals surface area contributed by atoms with Crippen LogP contribution in [0, 0.1) is 5.82 Å². The summed E-state index contributed by atoms with van der Waals surface area (Å²) >= 11 is 1.30. The molecule has 1 aromatic heterocycles. The number of sulfone groups is 1. The second-order valence-electron chi connectivity index (χ2n) is 7.99. The average molecular weight is 502 g/mol. The molecule has 0 unspecified atom stereocenters. The zero-order chi connectivity index (χ0) is 24.3. The molecule has 2 amide bonds. The molecule has 1 atom stereocenters.